The third-order valence-corrected chi connectivity index (χ3v) is 5.53. The summed E-state index contributed by atoms with van der Waals surface area (Å²) >= 11 is 0. The molecule has 0 aromatic heterocycles. The Balaban J connectivity index is 2.78. The summed E-state index contributed by atoms with van der Waals surface area (Å²) in [6.07, 6.45) is 2.91. The second kappa shape index (κ2) is 7.12. The number of nitrogens with zero attached hydrogens (tertiary/aromatic N) is 1. The number of aliphatic carboxylic acids is 1. The summed E-state index contributed by atoms with van der Waals surface area (Å²) in [6.45, 7) is 10.1. The maximum absolute atomic E-state index is 12.4. The van der Waals surface area contributed by atoms with E-state index < -0.39 is 16.9 Å². The number of hydrogen-bond donors (Lipinski definition) is 2. The maximum atomic E-state index is 12.4. The zero-order chi connectivity index (χ0) is 18.8. The van der Waals surface area contributed by atoms with E-state index in [4.69, 9.17) is 10.7 Å². The van der Waals surface area contributed by atoms with Crippen LogP contribution in [0.5, 0.6) is 0 Å². The Bertz CT molecular complexity index is 714. The Morgan fingerprint density at radius 2 is 1.80 bits per heavy atom. The van der Waals surface area contributed by atoms with E-state index >= 15 is 0 Å². The van der Waals surface area contributed by atoms with Gasteiger partial charge < -0.3 is 10.8 Å². The highest BCUT2D eigenvalue weighted by Gasteiger charge is 2.54. The molecule has 1 aromatic carbocycles. The predicted octanol–water partition coefficient (Wildman–Crippen LogP) is 4.22. The van der Waals surface area contributed by atoms with Gasteiger partial charge in [0.15, 0.2) is 0 Å². The van der Waals surface area contributed by atoms with Crippen LogP contribution in [0.4, 0.5) is 0 Å². The van der Waals surface area contributed by atoms with E-state index in [2.05, 4.69) is 6.92 Å². The van der Waals surface area contributed by atoms with E-state index in [1.807, 2.05) is 45.0 Å². The van der Waals surface area contributed by atoms with Gasteiger partial charge in [0.1, 0.15) is 5.41 Å². The molecule has 2 rings (SSSR count). The van der Waals surface area contributed by atoms with E-state index in [0.29, 0.717) is 6.54 Å². The summed E-state index contributed by atoms with van der Waals surface area (Å²) in [5.74, 6) is -0.864. The Labute approximate surface area is 150 Å². The van der Waals surface area contributed by atoms with Gasteiger partial charge >= 0.3 is 5.97 Å². The van der Waals surface area contributed by atoms with Crippen LogP contribution in [-0.4, -0.2) is 28.9 Å². The lowest BCUT2D eigenvalue weighted by Crippen LogP contribution is -2.51. The van der Waals surface area contributed by atoms with Crippen LogP contribution in [0.1, 0.15) is 58.1 Å². The van der Waals surface area contributed by atoms with E-state index in [1.165, 1.54) is 0 Å². The largest absolute Gasteiger partial charge is 0.481 e. The predicted molar refractivity (Wildman–Crippen MR) is 104 cm³/mol. The number of aryl methyl sites for hydroxylation is 1. The number of aliphatic imine (C=N–C) groups is 1. The normalized spacial score (nSPS) is 22.7. The lowest BCUT2D eigenvalue weighted by Gasteiger charge is -2.45. The molecule has 1 aliphatic heterocycles. The second-order valence-electron chi connectivity index (χ2n) is 7.57. The van der Waals surface area contributed by atoms with Crippen LogP contribution in [0, 0.1) is 12.3 Å². The molecular weight excluding hydrogens is 312 g/mol. The van der Waals surface area contributed by atoms with Crippen LogP contribution in [0.25, 0.3) is 5.57 Å². The second-order valence-corrected chi connectivity index (χ2v) is 7.57. The summed E-state index contributed by atoms with van der Waals surface area (Å²) < 4.78 is 0. The number of dihydropyridines is 1. The van der Waals surface area contributed by atoms with Crippen LogP contribution >= 0.6 is 0 Å². The standard InChI is InChI=1S/C21H30N2O2/c1-6-7-8-17-16(13-22)18(15-11-9-14(2)10-12-15)21(5,19(24)25)20(3,4)23-17/h9-12H,6-8,13,22H2,1-5H3,(H,24,25). The summed E-state index contributed by atoms with van der Waals surface area (Å²) in [5.41, 5.74) is 8.95. The number of rotatable bonds is 6. The molecule has 0 saturated carbocycles. The van der Waals surface area contributed by atoms with Crippen molar-refractivity contribution < 1.29 is 9.90 Å². The minimum Gasteiger partial charge on any atom is -0.481 e. The molecule has 25 heavy (non-hydrogen) atoms. The Kier molecular flexibility index (Phi) is 5.52. The minimum absolute atomic E-state index is 0.296. The molecule has 0 amide bonds. The molecular formula is C21H30N2O2. The van der Waals surface area contributed by atoms with Gasteiger partial charge in [-0.05, 0) is 57.2 Å². The van der Waals surface area contributed by atoms with Gasteiger partial charge in [0.05, 0.1) is 5.54 Å². The summed E-state index contributed by atoms with van der Waals surface area (Å²) in [4.78, 5) is 17.3. The average Bonchev–Trinajstić information content (AvgIpc) is 2.55. The van der Waals surface area contributed by atoms with Crippen molar-refractivity contribution in [2.45, 2.75) is 59.4 Å². The van der Waals surface area contributed by atoms with E-state index in [0.717, 1.165) is 47.2 Å². The van der Waals surface area contributed by atoms with Crippen molar-refractivity contribution in [2.75, 3.05) is 6.54 Å². The first kappa shape index (κ1) is 19.4. The van der Waals surface area contributed by atoms with Gasteiger partial charge in [-0.2, -0.15) is 0 Å². The third-order valence-electron chi connectivity index (χ3n) is 5.53. The fourth-order valence-corrected chi connectivity index (χ4v) is 3.59. The van der Waals surface area contributed by atoms with Crippen LogP contribution in [0.3, 0.4) is 0 Å². The zero-order valence-electron chi connectivity index (χ0n) is 16.0. The molecule has 0 fully saturated rings. The minimum atomic E-state index is -1.13. The molecule has 4 nitrogen and oxygen atoms in total. The van der Waals surface area contributed by atoms with Crippen molar-refractivity contribution in [3.63, 3.8) is 0 Å². The van der Waals surface area contributed by atoms with E-state index in [9.17, 15) is 9.90 Å². The van der Waals surface area contributed by atoms with Gasteiger partial charge in [-0.3, -0.25) is 9.79 Å². The molecule has 0 spiro atoms. The lowest BCUT2D eigenvalue weighted by molar-refractivity contribution is -0.147. The monoisotopic (exact) mass is 342 g/mol. The molecule has 0 bridgehead atoms. The highest BCUT2D eigenvalue weighted by Crippen LogP contribution is 2.50. The van der Waals surface area contributed by atoms with Gasteiger partial charge in [0.2, 0.25) is 0 Å². The first-order chi connectivity index (χ1) is 11.7. The third kappa shape index (κ3) is 3.28. The molecule has 136 valence electrons. The number of carboxylic acid groups (broad SMARTS) is 1. The highest BCUT2D eigenvalue weighted by atomic mass is 16.4. The molecule has 0 radical (unpaired) electrons. The van der Waals surface area contributed by atoms with Gasteiger partial charge in [-0.25, -0.2) is 0 Å². The smallest absolute Gasteiger partial charge is 0.316 e. The van der Waals surface area contributed by atoms with Crippen LogP contribution in [0.15, 0.2) is 34.8 Å². The Morgan fingerprint density at radius 3 is 2.28 bits per heavy atom. The Hall–Kier alpha value is -1.94. The Morgan fingerprint density at radius 1 is 1.20 bits per heavy atom. The highest BCUT2D eigenvalue weighted by molar-refractivity contribution is 6.13. The number of nitrogens with two attached hydrogens (primary N) is 1. The fourth-order valence-electron chi connectivity index (χ4n) is 3.59. The van der Waals surface area contributed by atoms with Crippen molar-refractivity contribution in [3.8, 4) is 0 Å². The summed E-state index contributed by atoms with van der Waals surface area (Å²) in [5, 5.41) is 10.2. The lowest BCUT2D eigenvalue weighted by atomic mass is 9.62. The van der Waals surface area contributed by atoms with Crippen molar-refractivity contribution in [3.05, 3.63) is 41.0 Å². The molecule has 3 N–H and O–H groups in total. The van der Waals surface area contributed by atoms with Gasteiger partial charge in [0, 0.05) is 12.3 Å². The van der Waals surface area contributed by atoms with Crippen molar-refractivity contribution in [1.29, 1.82) is 0 Å². The SMILES string of the molecule is CCCCC1=NC(C)(C)C(C)(C(=O)O)C(c2ccc(C)cc2)=C1CN. The quantitative estimate of drug-likeness (QED) is 0.812. The fraction of sp³-hybridized carbons (Fsp3) is 0.524. The van der Waals surface area contributed by atoms with Crippen LogP contribution in [-0.2, 0) is 4.79 Å². The zero-order valence-corrected chi connectivity index (χ0v) is 16.0. The number of carboxylic acids is 1. The van der Waals surface area contributed by atoms with Gasteiger partial charge in [-0.15, -0.1) is 0 Å². The average molecular weight is 342 g/mol. The molecule has 1 atom stereocenters. The molecule has 4 heteroatoms. The molecule has 1 aromatic rings. The topological polar surface area (TPSA) is 75.7 Å². The first-order valence-electron chi connectivity index (χ1n) is 9.02. The first-order valence-corrected chi connectivity index (χ1v) is 9.02. The molecule has 1 aliphatic rings. The molecule has 0 aliphatic carbocycles. The van der Waals surface area contributed by atoms with Crippen LogP contribution in [0.2, 0.25) is 0 Å². The summed E-state index contributed by atoms with van der Waals surface area (Å²) in [7, 11) is 0. The van der Waals surface area contributed by atoms with Crippen molar-refractivity contribution >= 4 is 17.3 Å². The summed E-state index contributed by atoms with van der Waals surface area (Å²) in [6, 6.07) is 8.03. The van der Waals surface area contributed by atoms with Crippen molar-refractivity contribution in [1.82, 2.24) is 0 Å². The van der Waals surface area contributed by atoms with Crippen LogP contribution < -0.4 is 5.73 Å². The number of carbonyl (C=O) groups is 1. The molecule has 0 saturated heterocycles. The van der Waals surface area contributed by atoms with E-state index in [-0.39, 0.29) is 0 Å². The van der Waals surface area contributed by atoms with Crippen molar-refractivity contribution in [2.24, 2.45) is 16.1 Å². The van der Waals surface area contributed by atoms with E-state index in [1.54, 1.807) is 6.92 Å². The molecule has 1 heterocycles. The van der Waals surface area contributed by atoms with Gasteiger partial charge in [-0.1, -0.05) is 43.2 Å². The number of unbranched alkanes of at least 4 members (excludes halogenated alkanes) is 1. The number of hydrogen-bond acceptors (Lipinski definition) is 3. The number of benzene rings is 1. The van der Waals surface area contributed by atoms with Gasteiger partial charge in [0.25, 0.3) is 0 Å². The molecule has 1 unspecified atom stereocenters. The maximum Gasteiger partial charge on any atom is 0.316 e.